The molecule has 2 heterocycles. The molecule has 0 aliphatic carbocycles. The first-order chi connectivity index (χ1) is 21.2. The van der Waals surface area contributed by atoms with Crippen LogP contribution >= 0.6 is 0 Å². The van der Waals surface area contributed by atoms with Gasteiger partial charge >= 0.3 is 6.09 Å². The summed E-state index contributed by atoms with van der Waals surface area (Å²) in [5.74, 6) is -0.0912. The highest BCUT2D eigenvalue weighted by atomic mass is 16.6. The first kappa shape index (κ1) is 32.5. The number of nitrogens with zero attached hydrogens (tertiary/aromatic N) is 4. The van der Waals surface area contributed by atoms with Crippen molar-refractivity contribution in [1.29, 1.82) is 0 Å². The van der Waals surface area contributed by atoms with E-state index in [9.17, 15) is 14.7 Å². The molecule has 3 aromatic rings. The zero-order valence-corrected chi connectivity index (χ0v) is 26.1. The predicted octanol–water partition coefficient (Wildman–Crippen LogP) is 5.33. The summed E-state index contributed by atoms with van der Waals surface area (Å²) in [6.45, 7) is 10.1. The summed E-state index contributed by atoms with van der Waals surface area (Å²) in [7, 11) is 1.60. The van der Waals surface area contributed by atoms with Crippen molar-refractivity contribution in [3.05, 3.63) is 72.8 Å². The predicted molar refractivity (Wildman–Crippen MR) is 174 cm³/mol. The lowest BCUT2D eigenvalue weighted by atomic mass is 10.0. The van der Waals surface area contributed by atoms with E-state index in [4.69, 9.17) is 4.74 Å². The Bertz CT molecular complexity index is 1420. The number of likely N-dealkylation sites (N-methyl/N-ethyl adjacent to an activating group) is 1. The fourth-order valence-corrected chi connectivity index (χ4v) is 5.54. The van der Waals surface area contributed by atoms with Crippen LogP contribution in [0.1, 0.15) is 52.0 Å². The van der Waals surface area contributed by atoms with Crippen molar-refractivity contribution in [3.8, 4) is 22.4 Å². The number of aliphatic imine (C=N–C) groups is 1. The highest BCUT2D eigenvalue weighted by molar-refractivity contribution is 5.86. The van der Waals surface area contributed by atoms with Gasteiger partial charge < -0.3 is 25.0 Å². The van der Waals surface area contributed by atoms with Gasteiger partial charge in [0.25, 0.3) is 0 Å². The van der Waals surface area contributed by atoms with Gasteiger partial charge in [-0.1, -0.05) is 55.5 Å². The summed E-state index contributed by atoms with van der Waals surface area (Å²) in [5, 5.41) is 12.8. The van der Waals surface area contributed by atoms with Gasteiger partial charge in [-0.25, -0.2) is 9.78 Å². The number of aromatic amines is 1. The van der Waals surface area contributed by atoms with Gasteiger partial charge in [0.15, 0.2) is 0 Å². The zero-order chi connectivity index (χ0) is 31.7. The molecule has 1 aliphatic rings. The third kappa shape index (κ3) is 7.93. The number of nitrogens with one attached hydrogen (secondary N) is 2. The fourth-order valence-electron chi connectivity index (χ4n) is 5.54. The number of benzene rings is 2. The van der Waals surface area contributed by atoms with Crippen LogP contribution in [-0.4, -0.2) is 88.0 Å². The van der Waals surface area contributed by atoms with E-state index in [1.165, 1.54) is 4.90 Å². The van der Waals surface area contributed by atoms with Gasteiger partial charge in [-0.3, -0.25) is 14.7 Å². The lowest BCUT2D eigenvalue weighted by Gasteiger charge is -2.34. The second-order valence-corrected chi connectivity index (χ2v) is 11.7. The van der Waals surface area contributed by atoms with Crippen LogP contribution in [0.15, 0.2) is 72.2 Å². The van der Waals surface area contributed by atoms with Crippen LogP contribution in [0.2, 0.25) is 0 Å². The molecule has 2 amide bonds. The number of rotatable bonds is 13. The molecule has 0 bridgehead atoms. The molecule has 44 heavy (non-hydrogen) atoms. The molecule has 2 atom stereocenters. The highest BCUT2D eigenvalue weighted by Crippen LogP contribution is 2.26. The van der Waals surface area contributed by atoms with Crippen LogP contribution in [0.5, 0.6) is 0 Å². The van der Waals surface area contributed by atoms with E-state index >= 15 is 0 Å². The van der Waals surface area contributed by atoms with Crippen LogP contribution < -0.4 is 5.32 Å². The van der Waals surface area contributed by atoms with Gasteiger partial charge in [-0.2, -0.15) is 0 Å². The molecule has 10 heteroatoms. The Labute approximate surface area is 259 Å². The molecular formula is C34H44N6O4. The van der Waals surface area contributed by atoms with Crippen molar-refractivity contribution in [2.24, 2.45) is 4.99 Å². The molecule has 10 nitrogen and oxygen atoms in total. The number of imidazole rings is 1. The van der Waals surface area contributed by atoms with Crippen molar-refractivity contribution in [3.63, 3.8) is 0 Å². The summed E-state index contributed by atoms with van der Waals surface area (Å²) >= 11 is 0. The number of ether oxygens (including phenoxy) is 1. The number of carbonyl (C=O) groups is 2. The smallest absolute Gasteiger partial charge is 0.410 e. The summed E-state index contributed by atoms with van der Waals surface area (Å²) in [6.07, 6.45) is 7.12. The average Bonchev–Trinajstić information content (AvgIpc) is 3.72. The standard InChI is InChI=1S/C34H44N6O4/c1-6-31(39(5)33(43)44-34(2,3)17-19-41)32(42)40-18-7-8-28(40)20-37-29(21-35-4)26-13-9-24(10-14-26)25-11-15-27(16-12-25)30-22-36-23-38-30/h9-16,21-23,28,31,37,41H,4,6-8,17-20H2,1-3,5H3,(H,36,38)/b29-21-/t28-,31-/m0/s1. The van der Waals surface area contributed by atoms with Crippen molar-refractivity contribution in [2.45, 2.75) is 64.1 Å². The second kappa shape index (κ2) is 14.8. The van der Waals surface area contributed by atoms with Crippen molar-refractivity contribution < 1.29 is 19.4 Å². The zero-order valence-electron chi connectivity index (χ0n) is 26.1. The molecule has 0 radical (unpaired) electrons. The third-order valence-electron chi connectivity index (χ3n) is 8.14. The second-order valence-electron chi connectivity index (χ2n) is 11.7. The summed E-state index contributed by atoms with van der Waals surface area (Å²) in [5.41, 5.74) is 5.21. The summed E-state index contributed by atoms with van der Waals surface area (Å²) in [6, 6.07) is 15.9. The Hall–Kier alpha value is -4.44. The molecule has 4 rings (SSSR count). The molecule has 1 aliphatic heterocycles. The number of aliphatic hydroxyl groups excluding tert-OH is 1. The number of likely N-dealkylation sites (tertiary alicyclic amines) is 1. The largest absolute Gasteiger partial charge is 0.443 e. The van der Waals surface area contributed by atoms with E-state index in [-0.39, 0.29) is 18.6 Å². The minimum Gasteiger partial charge on any atom is -0.443 e. The lowest BCUT2D eigenvalue weighted by molar-refractivity contribution is -0.137. The third-order valence-corrected chi connectivity index (χ3v) is 8.14. The van der Waals surface area contributed by atoms with Crippen molar-refractivity contribution in [1.82, 2.24) is 25.1 Å². The van der Waals surface area contributed by atoms with Crippen LogP contribution in [0.3, 0.4) is 0 Å². The van der Waals surface area contributed by atoms with Gasteiger partial charge in [-0.15, -0.1) is 0 Å². The molecule has 1 aromatic heterocycles. The number of hydrogen-bond donors (Lipinski definition) is 3. The average molecular weight is 601 g/mol. The summed E-state index contributed by atoms with van der Waals surface area (Å²) in [4.78, 5) is 41.0. The van der Waals surface area contributed by atoms with Gasteiger partial charge in [0.2, 0.25) is 5.91 Å². The number of amides is 2. The van der Waals surface area contributed by atoms with Gasteiger partial charge in [0.1, 0.15) is 11.6 Å². The Morgan fingerprint density at radius 3 is 2.45 bits per heavy atom. The molecule has 0 saturated carbocycles. The van der Waals surface area contributed by atoms with Crippen LogP contribution in [-0.2, 0) is 9.53 Å². The SMILES string of the molecule is C=N/C=C(\NC[C@@H]1CCCN1C(=O)[C@H](CC)N(C)C(=O)OC(C)(C)CCO)c1ccc(-c2ccc(-c3cnc[nH]3)cc2)cc1. The molecule has 1 saturated heterocycles. The Morgan fingerprint density at radius 2 is 1.86 bits per heavy atom. The van der Waals surface area contributed by atoms with E-state index < -0.39 is 17.7 Å². The van der Waals surface area contributed by atoms with E-state index in [1.54, 1.807) is 39.6 Å². The monoisotopic (exact) mass is 600 g/mol. The van der Waals surface area contributed by atoms with Crippen LogP contribution in [0.25, 0.3) is 28.1 Å². The Balaban J connectivity index is 1.39. The maximum Gasteiger partial charge on any atom is 0.410 e. The van der Waals surface area contributed by atoms with E-state index in [1.807, 2.05) is 24.0 Å². The number of H-pyrrole nitrogens is 1. The van der Waals surface area contributed by atoms with E-state index in [0.29, 0.717) is 25.9 Å². The molecule has 2 aromatic carbocycles. The molecule has 0 spiro atoms. The number of aromatic nitrogens is 2. The lowest BCUT2D eigenvalue weighted by Crippen LogP contribution is -2.52. The van der Waals surface area contributed by atoms with E-state index in [0.717, 1.165) is 46.5 Å². The molecule has 3 N–H and O–H groups in total. The maximum absolute atomic E-state index is 13.7. The van der Waals surface area contributed by atoms with E-state index in [2.05, 4.69) is 63.4 Å². The minimum absolute atomic E-state index is 0.0346. The van der Waals surface area contributed by atoms with Crippen molar-refractivity contribution >= 4 is 24.4 Å². The van der Waals surface area contributed by atoms with Gasteiger partial charge in [-0.05, 0) is 62.1 Å². The topological polar surface area (TPSA) is 123 Å². The Morgan fingerprint density at radius 1 is 1.20 bits per heavy atom. The molecule has 1 fully saturated rings. The van der Waals surface area contributed by atoms with Gasteiger partial charge in [0, 0.05) is 45.4 Å². The summed E-state index contributed by atoms with van der Waals surface area (Å²) < 4.78 is 5.59. The first-order valence-electron chi connectivity index (χ1n) is 15.1. The molecular weight excluding hydrogens is 556 g/mol. The van der Waals surface area contributed by atoms with Crippen molar-refractivity contribution in [2.75, 3.05) is 26.7 Å². The number of hydrogen-bond acceptors (Lipinski definition) is 7. The minimum atomic E-state index is -0.827. The number of carbonyl (C=O) groups excluding carboxylic acids is 2. The highest BCUT2D eigenvalue weighted by Gasteiger charge is 2.37. The quantitative estimate of drug-likeness (QED) is 0.228. The van der Waals surface area contributed by atoms with Crippen LogP contribution in [0, 0.1) is 0 Å². The maximum atomic E-state index is 13.7. The molecule has 0 unspecified atom stereocenters. The van der Waals surface area contributed by atoms with Crippen LogP contribution in [0.4, 0.5) is 4.79 Å². The fraction of sp³-hybridized carbons (Fsp3) is 0.412. The Kier molecular flexibility index (Phi) is 10.9. The first-order valence-corrected chi connectivity index (χ1v) is 15.1. The van der Waals surface area contributed by atoms with Gasteiger partial charge in [0.05, 0.1) is 23.9 Å². The number of aliphatic hydroxyl groups is 1. The normalized spacial score (nSPS) is 16.0. The molecule has 234 valence electrons.